The van der Waals surface area contributed by atoms with Gasteiger partial charge in [0.1, 0.15) is 11.7 Å². The lowest BCUT2D eigenvalue weighted by Gasteiger charge is -2.73. The molecule has 1 aliphatic heterocycles. The molecule has 7 rings (SSSR count). The van der Waals surface area contributed by atoms with Crippen LogP contribution in [0.2, 0.25) is 5.02 Å². The number of benzene rings is 2. The highest BCUT2D eigenvalue weighted by Crippen LogP contribution is 2.71. The Bertz CT molecular complexity index is 1570. The van der Waals surface area contributed by atoms with Gasteiger partial charge < -0.3 is 10.6 Å². The Morgan fingerprint density at radius 2 is 1.77 bits per heavy atom. The molecule has 7 nitrogen and oxygen atoms in total. The molecule has 0 aromatic heterocycles. The van der Waals surface area contributed by atoms with Crippen molar-refractivity contribution in [3.05, 3.63) is 64.9 Å². The molecule has 0 saturated heterocycles. The van der Waals surface area contributed by atoms with Crippen molar-refractivity contribution in [2.75, 3.05) is 6.54 Å². The van der Waals surface area contributed by atoms with Gasteiger partial charge in [-0.25, -0.2) is 12.8 Å². The quantitative estimate of drug-likeness (QED) is 0.350. The highest BCUT2D eigenvalue weighted by atomic mass is 35.5. The maximum atomic E-state index is 14.3. The van der Waals surface area contributed by atoms with Gasteiger partial charge in [0.25, 0.3) is 0 Å². The lowest BCUT2D eigenvalue weighted by atomic mass is 9.38. The van der Waals surface area contributed by atoms with Crippen LogP contribution in [-0.4, -0.2) is 54.3 Å². The predicted octanol–water partition coefficient (Wildman–Crippen LogP) is 5.59. The SMILES string of the molecule is CC1(C)NC(C23CC(N(Cc4ccc(Cl)c(F)c4)S(=O)(=O)c4ccccc4)(C2)C3)=N[C@H]1C(=O)NCC1(C(F)(F)F)CCC1. The molecule has 2 bridgehead atoms. The first-order chi connectivity index (χ1) is 20.0. The molecule has 0 unspecified atom stereocenters. The molecule has 232 valence electrons. The van der Waals surface area contributed by atoms with Crippen LogP contribution < -0.4 is 10.6 Å². The number of amides is 1. The number of carbonyl (C=O) groups excluding carboxylic acids is 1. The van der Waals surface area contributed by atoms with Gasteiger partial charge in [0.2, 0.25) is 15.9 Å². The summed E-state index contributed by atoms with van der Waals surface area (Å²) in [4.78, 5) is 17.9. The Hall–Kier alpha value is -2.70. The van der Waals surface area contributed by atoms with Gasteiger partial charge in [0, 0.05) is 24.0 Å². The van der Waals surface area contributed by atoms with Crippen LogP contribution in [0.25, 0.3) is 0 Å². The summed E-state index contributed by atoms with van der Waals surface area (Å²) in [6, 6.07) is 11.3. The maximum Gasteiger partial charge on any atom is 0.396 e. The van der Waals surface area contributed by atoms with E-state index in [1.54, 1.807) is 38.1 Å². The van der Waals surface area contributed by atoms with Crippen LogP contribution in [-0.2, 0) is 21.4 Å². The number of aliphatic imine (C=N–C) groups is 1. The summed E-state index contributed by atoms with van der Waals surface area (Å²) in [6.45, 7) is 3.02. The Labute approximate surface area is 253 Å². The summed E-state index contributed by atoms with van der Waals surface area (Å²) in [5.74, 6) is -0.634. The third-order valence-electron chi connectivity index (χ3n) is 9.82. The summed E-state index contributed by atoms with van der Waals surface area (Å²) < 4.78 is 84.4. The first-order valence-electron chi connectivity index (χ1n) is 14.3. The first-order valence-corrected chi connectivity index (χ1v) is 16.1. The van der Waals surface area contributed by atoms with E-state index in [-0.39, 0.29) is 29.3 Å². The van der Waals surface area contributed by atoms with Crippen molar-refractivity contribution in [1.82, 2.24) is 14.9 Å². The average molecular weight is 641 g/mol. The van der Waals surface area contributed by atoms with Crippen LogP contribution in [0.3, 0.4) is 0 Å². The second-order valence-corrected chi connectivity index (χ2v) is 15.5. The Morgan fingerprint density at radius 3 is 2.33 bits per heavy atom. The lowest BCUT2D eigenvalue weighted by Crippen LogP contribution is -2.78. The minimum Gasteiger partial charge on any atom is -0.366 e. The summed E-state index contributed by atoms with van der Waals surface area (Å²) in [5, 5.41) is 5.78. The summed E-state index contributed by atoms with van der Waals surface area (Å²) in [7, 11) is -3.97. The van der Waals surface area contributed by atoms with E-state index in [0.717, 1.165) is 0 Å². The third-order valence-corrected chi connectivity index (χ3v) is 12.1. The van der Waals surface area contributed by atoms with Crippen molar-refractivity contribution in [3.63, 3.8) is 0 Å². The van der Waals surface area contributed by atoms with E-state index in [2.05, 4.69) is 15.6 Å². The Morgan fingerprint density at radius 1 is 1.12 bits per heavy atom. The number of nitrogens with one attached hydrogen (secondary N) is 2. The molecule has 13 heteroatoms. The van der Waals surface area contributed by atoms with Crippen LogP contribution in [0.1, 0.15) is 57.9 Å². The van der Waals surface area contributed by atoms with Crippen molar-refractivity contribution < 1.29 is 30.8 Å². The van der Waals surface area contributed by atoms with Gasteiger partial charge in [-0.05, 0) is 75.8 Å². The topological polar surface area (TPSA) is 90.9 Å². The molecule has 0 radical (unpaired) electrons. The van der Waals surface area contributed by atoms with Gasteiger partial charge in [-0.15, -0.1) is 0 Å². The molecule has 2 aromatic rings. The zero-order valence-electron chi connectivity index (χ0n) is 23.8. The van der Waals surface area contributed by atoms with Crippen LogP contribution >= 0.6 is 11.6 Å². The van der Waals surface area contributed by atoms with E-state index in [4.69, 9.17) is 11.6 Å². The normalized spacial score (nSPS) is 28.7. The van der Waals surface area contributed by atoms with E-state index < -0.39 is 62.4 Å². The van der Waals surface area contributed by atoms with Gasteiger partial charge in [0.05, 0.1) is 20.9 Å². The number of halogens is 5. The third kappa shape index (κ3) is 4.84. The highest BCUT2D eigenvalue weighted by Gasteiger charge is 2.75. The van der Waals surface area contributed by atoms with E-state index in [9.17, 15) is 30.8 Å². The molecule has 4 saturated carbocycles. The minimum absolute atomic E-state index is 0.00610. The minimum atomic E-state index is -4.39. The van der Waals surface area contributed by atoms with Crippen molar-refractivity contribution in [2.45, 2.75) is 87.1 Å². The number of carbonyl (C=O) groups is 1. The average Bonchev–Trinajstić information content (AvgIpc) is 3.17. The molecule has 2 N–H and O–H groups in total. The van der Waals surface area contributed by atoms with Crippen LogP contribution in [0.5, 0.6) is 0 Å². The predicted molar refractivity (Wildman–Crippen MR) is 153 cm³/mol. The summed E-state index contributed by atoms with van der Waals surface area (Å²) in [5.41, 5.74) is -3.49. The first kappa shape index (κ1) is 30.3. The number of hydrogen-bond donors (Lipinski definition) is 2. The number of sulfonamides is 1. The Kier molecular flexibility index (Phi) is 6.98. The molecular weight excluding hydrogens is 608 g/mol. The van der Waals surface area contributed by atoms with E-state index in [1.165, 1.54) is 28.6 Å². The van der Waals surface area contributed by atoms with Gasteiger partial charge in [-0.2, -0.15) is 17.5 Å². The maximum absolute atomic E-state index is 14.3. The molecule has 1 amide bonds. The molecular formula is C30H33ClF4N4O3S. The Balaban J connectivity index is 1.21. The summed E-state index contributed by atoms with van der Waals surface area (Å²) in [6.07, 6.45) is -2.61. The monoisotopic (exact) mass is 640 g/mol. The van der Waals surface area contributed by atoms with Crippen LogP contribution in [0.15, 0.2) is 58.4 Å². The van der Waals surface area contributed by atoms with E-state index >= 15 is 0 Å². The van der Waals surface area contributed by atoms with E-state index in [0.29, 0.717) is 37.1 Å². The number of alkyl halides is 3. The van der Waals surface area contributed by atoms with E-state index in [1.807, 2.05) is 0 Å². The number of nitrogens with zero attached hydrogens (tertiary/aromatic N) is 2. The lowest BCUT2D eigenvalue weighted by molar-refractivity contribution is -0.248. The van der Waals surface area contributed by atoms with Gasteiger partial charge in [-0.1, -0.05) is 42.3 Å². The standard InChI is InChI=1S/C30H33ClF4N4O3S/c1-26(2)23(24(40)36-18-28(11-6-12-28)30(33,34)35)37-25(38-26)27-15-29(16-27,17-27)39(14-19-9-10-21(31)22(32)13-19)43(41,42)20-7-4-3-5-8-20/h3-5,7-10,13,23H,6,11-12,14-18H2,1-2H3,(H,36,40)(H,37,38)/t23-,27?,29?/m0/s1. The van der Waals surface area contributed by atoms with Crippen molar-refractivity contribution in [3.8, 4) is 0 Å². The summed E-state index contributed by atoms with van der Waals surface area (Å²) >= 11 is 5.85. The molecule has 1 atom stereocenters. The molecule has 2 aromatic carbocycles. The molecule has 5 aliphatic rings. The largest absolute Gasteiger partial charge is 0.396 e. The van der Waals surface area contributed by atoms with Crippen LogP contribution in [0.4, 0.5) is 17.6 Å². The van der Waals surface area contributed by atoms with Crippen molar-refractivity contribution in [1.29, 1.82) is 0 Å². The van der Waals surface area contributed by atoms with Crippen molar-refractivity contribution in [2.24, 2.45) is 15.8 Å². The van der Waals surface area contributed by atoms with Gasteiger partial charge >= 0.3 is 6.18 Å². The zero-order valence-corrected chi connectivity index (χ0v) is 25.3. The molecule has 4 aliphatic carbocycles. The molecule has 43 heavy (non-hydrogen) atoms. The van der Waals surface area contributed by atoms with Crippen LogP contribution in [0, 0.1) is 16.6 Å². The van der Waals surface area contributed by atoms with Gasteiger partial charge in [-0.3, -0.25) is 9.79 Å². The second kappa shape index (κ2) is 9.90. The fourth-order valence-corrected chi connectivity index (χ4v) is 9.05. The number of rotatable bonds is 9. The number of amidine groups is 1. The smallest absolute Gasteiger partial charge is 0.366 e. The van der Waals surface area contributed by atoms with Gasteiger partial charge in [0.15, 0.2) is 6.04 Å². The molecule has 0 spiro atoms. The fraction of sp³-hybridized carbons (Fsp3) is 0.533. The molecule has 1 heterocycles. The molecule has 4 fully saturated rings. The second-order valence-electron chi connectivity index (χ2n) is 13.2. The zero-order chi connectivity index (χ0) is 31.1. The number of hydrogen-bond acceptors (Lipinski definition) is 5. The fourth-order valence-electron chi connectivity index (χ4n) is 7.15. The highest BCUT2D eigenvalue weighted by molar-refractivity contribution is 7.89. The van der Waals surface area contributed by atoms with Crippen molar-refractivity contribution >= 4 is 33.4 Å².